The Morgan fingerprint density at radius 2 is 2.00 bits per heavy atom. The molecule has 0 atom stereocenters. The maximum Gasteiger partial charge on any atom is 0.372 e. The SMILES string of the molecule is NC(=S)CC(=O)C(=O)O. The molecular formula is C4H5NO3S. The maximum atomic E-state index is 10.2. The van der Waals surface area contributed by atoms with Crippen LogP contribution in [0.1, 0.15) is 6.42 Å². The molecule has 0 saturated carbocycles. The van der Waals surface area contributed by atoms with Crippen molar-refractivity contribution in [3.63, 3.8) is 0 Å². The zero-order valence-corrected chi connectivity index (χ0v) is 5.27. The standard InChI is InChI=1S/C4H5NO3S/c5-3(9)1-2(6)4(7)8/h1H2,(H2,5,9)(H,7,8). The van der Waals surface area contributed by atoms with Crippen molar-refractivity contribution >= 4 is 29.0 Å². The topological polar surface area (TPSA) is 80.4 Å². The third-order valence-corrected chi connectivity index (χ3v) is 0.718. The van der Waals surface area contributed by atoms with Crippen LogP contribution in [0.15, 0.2) is 0 Å². The van der Waals surface area contributed by atoms with Crippen molar-refractivity contribution in [1.29, 1.82) is 0 Å². The van der Waals surface area contributed by atoms with Crippen LogP contribution >= 0.6 is 12.2 Å². The molecule has 0 rings (SSSR count). The number of thiocarbonyl (C=S) groups is 1. The number of nitrogens with two attached hydrogens (primary N) is 1. The largest absolute Gasteiger partial charge is 0.475 e. The lowest BCUT2D eigenvalue weighted by Gasteiger charge is -1.89. The van der Waals surface area contributed by atoms with E-state index in [2.05, 4.69) is 12.2 Å². The van der Waals surface area contributed by atoms with Crippen molar-refractivity contribution in [2.75, 3.05) is 0 Å². The minimum Gasteiger partial charge on any atom is -0.475 e. The van der Waals surface area contributed by atoms with E-state index in [1.807, 2.05) is 0 Å². The van der Waals surface area contributed by atoms with Gasteiger partial charge in [0.05, 0.1) is 11.4 Å². The Labute approximate surface area is 56.7 Å². The summed E-state index contributed by atoms with van der Waals surface area (Å²) in [5.41, 5.74) is 4.88. The summed E-state index contributed by atoms with van der Waals surface area (Å²) in [6.07, 6.45) is -0.356. The molecule has 0 aliphatic heterocycles. The fourth-order valence-electron chi connectivity index (χ4n) is 0.234. The molecule has 0 aliphatic rings. The van der Waals surface area contributed by atoms with E-state index in [-0.39, 0.29) is 11.4 Å². The predicted molar refractivity (Wildman–Crippen MR) is 34.0 cm³/mol. The summed E-state index contributed by atoms with van der Waals surface area (Å²) in [6, 6.07) is 0. The van der Waals surface area contributed by atoms with Gasteiger partial charge in [0.25, 0.3) is 0 Å². The van der Waals surface area contributed by atoms with Gasteiger partial charge in [0.15, 0.2) is 0 Å². The van der Waals surface area contributed by atoms with Gasteiger partial charge in [0, 0.05) is 0 Å². The number of ketones is 1. The number of hydrogen-bond donors (Lipinski definition) is 2. The third kappa shape index (κ3) is 3.60. The summed E-state index contributed by atoms with van der Waals surface area (Å²) >= 11 is 4.28. The third-order valence-electron chi connectivity index (χ3n) is 0.573. The van der Waals surface area contributed by atoms with Gasteiger partial charge in [-0.1, -0.05) is 12.2 Å². The molecule has 0 unspecified atom stereocenters. The second-order valence-electron chi connectivity index (χ2n) is 1.37. The second kappa shape index (κ2) is 3.13. The lowest BCUT2D eigenvalue weighted by atomic mass is 10.3. The molecule has 0 fully saturated rings. The van der Waals surface area contributed by atoms with Gasteiger partial charge >= 0.3 is 5.97 Å². The lowest BCUT2D eigenvalue weighted by molar-refractivity contribution is -0.148. The van der Waals surface area contributed by atoms with Gasteiger partial charge in [-0.25, -0.2) is 4.79 Å². The number of carboxylic acid groups (broad SMARTS) is 1. The Morgan fingerprint density at radius 1 is 1.56 bits per heavy atom. The average molecular weight is 147 g/mol. The van der Waals surface area contributed by atoms with Gasteiger partial charge in [0.2, 0.25) is 5.78 Å². The Balaban J connectivity index is 3.79. The molecule has 4 nitrogen and oxygen atoms in total. The summed E-state index contributed by atoms with van der Waals surface area (Å²) in [5, 5.41) is 7.97. The average Bonchev–Trinajstić information content (AvgIpc) is 1.63. The van der Waals surface area contributed by atoms with E-state index in [9.17, 15) is 9.59 Å². The summed E-state index contributed by atoms with van der Waals surface area (Å²) in [5.74, 6) is -2.47. The van der Waals surface area contributed by atoms with Gasteiger partial charge < -0.3 is 10.8 Å². The van der Waals surface area contributed by atoms with Crippen molar-refractivity contribution in [2.24, 2.45) is 5.73 Å². The number of Topliss-reactive ketones (excluding diaryl/α,β-unsaturated/α-hetero) is 1. The molecule has 0 amide bonds. The number of carbonyl (C=O) groups is 2. The molecule has 50 valence electrons. The molecule has 0 bridgehead atoms. The lowest BCUT2D eigenvalue weighted by Crippen LogP contribution is -2.20. The quantitative estimate of drug-likeness (QED) is 0.408. The van der Waals surface area contributed by atoms with Crippen LogP contribution in [0.5, 0.6) is 0 Å². The van der Waals surface area contributed by atoms with Crippen LogP contribution in [0.4, 0.5) is 0 Å². The molecule has 5 heteroatoms. The first kappa shape index (κ1) is 8.03. The smallest absolute Gasteiger partial charge is 0.372 e. The minimum atomic E-state index is -1.50. The minimum absolute atomic E-state index is 0.0950. The van der Waals surface area contributed by atoms with Crippen molar-refractivity contribution in [3.05, 3.63) is 0 Å². The zero-order valence-electron chi connectivity index (χ0n) is 4.46. The molecule has 0 saturated heterocycles. The van der Waals surface area contributed by atoms with Crippen LogP contribution in [-0.2, 0) is 9.59 Å². The summed E-state index contributed by atoms with van der Waals surface area (Å²) in [6.45, 7) is 0. The number of carbonyl (C=O) groups excluding carboxylic acids is 1. The van der Waals surface area contributed by atoms with Crippen LogP contribution in [0.2, 0.25) is 0 Å². The molecule has 0 aromatic rings. The van der Waals surface area contributed by atoms with Crippen molar-refractivity contribution in [2.45, 2.75) is 6.42 Å². The molecule has 3 N–H and O–H groups in total. The first-order valence-corrected chi connectivity index (χ1v) is 2.49. The van der Waals surface area contributed by atoms with Crippen molar-refractivity contribution in [1.82, 2.24) is 0 Å². The van der Waals surface area contributed by atoms with E-state index >= 15 is 0 Å². The van der Waals surface area contributed by atoms with Crippen LogP contribution in [0.25, 0.3) is 0 Å². The van der Waals surface area contributed by atoms with Gasteiger partial charge in [-0.2, -0.15) is 0 Å². The highest BCUT2D eigenvalue weighted by Gasteiger charge is 2.11. The molecule has 0 aliphatic carbocycles. The van der Waals surface area contributed by atoms with E-state index in [0.717, 1.165) is 0 Å². The molecular weight excluding hydrogens is 142 g/mol. The van der Waals surface area contributed by atoms with Crippen LogP contribution < -0.4 is 5.73 Å². The highest BCUT2D eigenvalue weighted by Crippen LogP contribution is 1.82. The summed E-state index contributed by atoms with van der Waals surface area (Å²) in [4.78, 5) is 19.9. The van der Waals surface area contributed by atoms with Crippen LogP contribution in [0, 0.1) is 0 Å². The Kier molecular flexibility index (Phi) is 2.80. The Morgan fingerprint density at radius 3 is 2.11 bits per heavy atom. The normalized spacial score (nSPS) is 8.44. The highest BCUT2D eigenvalue weighted by atomic mass is 32.1. The number of hydrogen-bond acceptors (Lipinski definition) is 3. The van der Waals surface area contributed by atoms with Crippen molar-refractivity contribution in [3.8, 4) is 0 Å². The second-order valence-corrected chi connectivity index (χ2v) is 1.90. The number of aliphatic carboxylic acids is 1. The molecule has 0 aromatic heterocycles. The van der Waals surface area contributed by atoms with Gasteiger partial charge in [0.1, 0.15) is 0 Å². The zero-order chi connectivity index (χ0) is 7.44. The van der Waals surface area contributed by atoms with Crippen LogP contribution in [0.3, 0.4) is 0 Å². The summed E-state index contributed by atoms with van der Waals surface area (Å²) < 4.78 is 0. The van der Waals surface area contributed by atoms with E-state index in [1.54, 1.807) is 0 Å². The molecule has 0 spiro atoms. The van der Waals surface area contributed by atoms with Gasteiger partial charge in [-0.05, 0) is 0 Å². The molecule has 0 aromatic carbocycles. The van der Waals surface area contributed by atoms with E-state index in [0.29, 0.717) is 0 Å². The predicted octanol–water partition coefficient (Wildman–Crippen LogP) is -0.684. The number of rotatable bonds is 3. The van der Waals surface area contributed by atoms with Crippen LogP contribution in [-0.4, -0.2) is 21.8 Å². The summed E-state index contributed by atoms with van der Waals surface area (Å²) in [7, 11) is 0. The highest BCUT2D eigenvalue weighted by molar-refractivity contribution is 7.80. The van der Waals surface area contributed by atoms with E-state index < -0.39 is 11.8 Å². The molecule has 0 radical (unpaired) electrons. The fourth-order valence-corrected chi connectivity index (χ4v) is 0.365. The van der Waals surface area contributed by atoms with Crippen molar-refractivity contribution < 1.29 is 14.7 Å². The van der Waals surface area contributed by atoms with Gasteiger partial charge in [-0.15, -0.1) is 0 Å². The first-order chi connectivity index (χ1) is 4.04. The Bertz CT molecular complexity index is 165. The van der Waals surface area contributed by atoms with E-state index in [4.69, 9.17) is 10.8 Å². The molecule has 9 heavy (non-hydrogen) atoms. The van der Waals surface area contributed by atoms with Gasteiger partial charge in [-0.3, -0.25) is 4.79 Å². The maximum absolute atomic E-state index is 10.2. The fraction of sp³-hybridized carbons (Fsp3) is 0.250. The molecule has 0 heterocycles. The number of carboxylic acids is 1. The monoisotopic (exact) mass is 147 g/mol. The first-order valence-electron chi connectivity index (χ1n) is 2.08. The van der Waals surface area contributed by atoms with E-state index in [1.165, 1.54) is 0 Å². The Hall–Kier alpha value is -0.970.